The van der Waals surface area contributed by atoms with Crippen molar-refractivity contribution in [2.24, 2.45) is 0 Å². The van der Waals surface area contributed by atoms with E-state index in [1.807, 2.05) is 19.3 Å². The van der Waals surface area contributed by atoms with Gasteiger partial charge in [-0.25, -0.2) is 4.98 Å². The van der Waals surface area contributed by atoms with Crippen LogP contribution in [0.25, 0.3) is 0 Å². The van der Waals surface area contributed by atoms with Gasteiger partial charge in [-0.05, 0) is 26.7 Å². The first-order chi connectivity index (χ1) is 7.33. The number of aromatic nitrogens is 2. The molecule has 0 amide bonds. The third-order valence-corrected chi connectivity index (χ3v) is 2.89. The Morgan fingerprint density at radius 3 is 3.00 bits per heavy atom. The molecule has 0 spiro atoms. The van der Waals surface area contributed by atoms with Gasteiger partial charge in [0.25, 0.3) is 0 Å². The molecule has 0 saturated heterocycles. The van der Waals surface area contributed by atoms with Crippen molar-refractivity contribution in [2.75, 3.05) is 11.9 Å². The van der Waals surface area contributed by atoms with Crippen LogP contribution in [0.15, 0.2) is 12.4 Å². The van der Waals surface area contributed by atoms with Crippen molar-refractivity contribution in [2.45, 2.75) is 45.4 Å². The number of hydrogen-bond donors (Lipinski definition) is 1. The molecule has 1 N–H and O–H groups in total. The highest BCUT2D eigenvalue weighted by atomic mass is 16.5. The zero-order valence-corrected chi connectivity index (χ0v) is 9.44. The van der Waals surface area contributed by atoms with E-state index in [-0.39, 0.29) is 0 Å². The number of nitrogens with one attached hydrogen (secondary N) is 1. The van der Waals surface area contributed by atoms with Crippen LogP contribution in [0.2, 0.25) is 0 Å². The largest absolute Gasteiger partial charge is 0.378 e. The van der Waals surface area contributed by atoms with Crippen LogP contribution in [0.1, 0.15) is 26.7 Å². The van der Waals surface area contributed by atoms with Crippen LogP contribution in [0.3, 0.4) is 0 Å². The molecule has 4 heteroatoms. The third kappa shape index (κ3) is 2.31. The Balaban J connectivity index is 1.79. The number of imidazole rings is 1. The van der Waals surface area contributed by atoms with Crippen molar-refractivity contribution in [1.82, 2.24) is 9.55 Å². The second-order valence-electron chi connectivity index (χ2n) is 3.93. The average Bonchev–Trinajstić information content (AvgIpc) is 2.62. The Bertz CT molecular complexity index is 305. The minimum atomic E-state index is 0.456. The van der Waals surface area contributed by atoms with Crippen LogP contribution in [0.5, 0.6) is 0 Å². The van der Waals surface area contributed by atoms with E-state index in [0.717, 1.165) is 31.9 Å². The molecular formula is C11H19N3O. The van der Waals surface area contributed by atoms with Crippen LogP contribution < -0.4 is 5.32 Å². The predicted octanol–water partition coefficient (Wildman–Crippen LogP) is 1.88. The third-order valence-electron chi connectivity index (χ3n) is 2.89. The average molecular weight is 209 g/mol. The number of aryl methyl sites for hydroxylation is 1. The minimum absolute atomic E-state index is 0.456. The van der Waals surface area contributed by atoms with Crippen molar-refractivity contribution in [3.8, 4) is 0 Å². The molecular weight excluding hydrogens is 190 g/mol. The van der Waals surface area contributed by atoms with E-state index in [2.05, 4.69) is 21.8 Å². The van der Waals surface area contributed by atoms with Gasteiger partial charge in [0.05, 0.1) is 6.10 Å². The van der Waals surface area contributed by atoms with Gasteiger partial charge in [-0.3, -0.25) is 0 Å². The molecule has 0 bridgehead atoms. The lowest BCUT2D eigenvalue weighted by molar-refractivity contribution is 0.00280. The van der Waals surface area contributed by atoms with Crippen molar-refractivity contribution >= 4 is 5.95 Å². The number of rotatable bonds is 5. The zero-order chi connectivity index (χ0) is 10.7. The molecule has 0 unspecified atom stereocenters. The van der Waals surface area contributed by atoms with E-state index in [1.165, 1.54) is 0 Å². The highest BCUT2D eigenvalue weighted by Crippen LogP contribution is 2.26. The molecule has 0 radical (unpaired) electrons. The normalized spacial score (nSPS) is 24.9. The lowest BCUT2D eigenvalue weighted by Crippen LogP contribution is -2.41. The molecule has 1 heterocycles. The molecule has 1 aliphatic rings. The molecule has 84 valence electrons. The van der Waals surface area contributed by atoms with Gasteiger partial charge in [0.2, 0.25) is 5.95 Å². The quantitative estimate of drug-likeness (QED) is 0.804. The second kappa shape index (κ2) is 4.66. The molecule has 0 atom stereocenters. The summed E-state index contributed by atoms with van der Waals surface area (Å²) >= 11 is 0. The van der Waals surface area contributed by atoms with Crippen molar-refractivity contribution in [3.63, 3.8) is 0 Å². The van der Waals surface area contributed by atoms with Crippen LogP contribution in [-0.2, 0) is 11.3 Å². The fourth-order valence-corrected chi connectivity index (χ4v) is 1.94. The first-order valence-corrected chi connectivity index (χ1v) is 5.72. The fraction of sp³-hybridized carbons (Fsp3) is 0.727. The van der Waals surface area contributed by atoms with E-state index >= 15 is 0 Å². The van der Waals surface area contributed by atoms with Gasteiger partial charge in [-0.1, -0.05) is 0 Å². The number of ether oxygens (including phenoxy) is 1. The second-order valence-corrected chi connectivity index (χ2v) is 3.93. The number of nitrogens with zero attached hydrogens (tertiary/aromatic N) is 2. The van der Waals surface area contributed by atoms with Gasteiger partial charge in [-0.15, -0.1) is 0 Å². The summed E-state index contributed by atoms with van der Waals surface area (Å²) in [5.74, 6) is 0.984. The van der Waals surface area contributed by atoms with Gasteiger partial charge in [-0.2, -0.15) is 0 Å². The van der Waals surface area contributed by atoms with E-state index in [0.29, 0.717) is 12.1 Å². The molecule has 0 aromatic carbocycles. The van der Waals surface area contributed by atoms with E-state index in [9.17, 15) is 0 Å². The van der Waals surface area contributed by atoms with Crippen LogP contribution in [-0.4, -0.2) is 28.3 Å². The standard InChI is InChI=1S/C11H19N3O/c1-3-14-6-5-12-11(14)13-9-7-10(8-9)15-4-2/h5-6,9-10H,3-4,7-8H2,1-2H3,(H,12,13). The fourth-order valence-electron chi connectivity index (χ4n) is 1.94. The van der Waals surface area contributed by atoms with E-state index < -0.39 is 0 Å². The summed E-state index contributed by atoms with van der Waals surface area (Å²) < 4.78 is 7.64. The lowest BCUT2D eigenvalue weighted by Gasteiger charge is -2.35. The smallest absolute Gasteiger partial charge is 0.202 e. The monoisotopic (exact) mass is 209 g/mol. The Morgan fingerprint density at radius 2 is 2.33 bits per heavy atom. The topological polar surface area (TPSA) is 39.1 Å². The van der Waals surface area contributed by atoms with Gasteiger partial charge < -0.3 is 14.6 Å². The van der Waals surface area contributed by atoms with Gasteiger partial charge in [0, 0.05) is 31.6 Å². The van der Waals surface area contributed by atoms with Crippen LogP contribution in [0, 0.1) is 0 Å². The predicted molar refractivity (Wildman–Crippen MR) is 60.0 cm³/mol. The van der Waals surface area contributed by atoms with Crippen molar-refractivity contribution < 1.29 is 4.74 Å². The lowest BCUT2D eigenvalue weighted by atomic mass is 9.89. The van der Waals surface area contributed by atoms with Crippen molar-refractivity contribution in [3.05, 3.63) is 12.4 Å². The summed E-state index contributed by atoms with van der Waals surface area (Å²) in [6, 6.07) is 0.536. The number of hydrogen-bond acceptors (Lipinski definition) is 3. The molecule has 15 heavy (non-hydrogen) atoms. The summed E-state index contributed by atoms with van der Waals surface area (Å²) in [4.78, 5) is 4.29. The highest BCUT2D eigenvalue weighted by Gasteiger charge is 2.30. The maximum Gasteiger partial charge on any atom is 0.202 e. The SMILES string of the molecule is CCOC1CC(Nc2nccn2CC)C1. The summed E-state index contributed by atoms with van der Waals surface area (Å²) in [6.07, 6.45) is 6.50. The first kappa shape index (κ1) is 10.5. The van der Waals surface area contributed by atoms with E-state index in [4.69, 9.17) is 4.74 Å². The molecule has 1 aliphatic carbocycles. The molecule has 2 rings (SSSR count). The molecule has 1 fully saturated rings. The van der Waals surface area contributed by atoms with E-state index in [1.54, 1.807) is 0 Å². The van der Waals surface area contributed by atoms with Gasteiger partial charge in [0.15, 0.2) is 0 Å². The molecule has 1 aromatic rings. The Hall–Kier alpha value is -1.03. The van der Waals surface area contributed by atoms with Crippen molar-refractivity contribution in [1.29, 1.82) is 0 Å². The Kier molecular flexibility index (Phi) is 3.26. The minimum Gasteiger partial charge on any atom is -0.378 e. The maximum absolute atomic E-state index is 5.52. The Morgan fingerprint density at radius 1 is 1.53 bits per heavy atom. The molecule has 0 aliphatic heterocycles. The summed E-state index contributed by atoms with van der Waals surface area (Å²) in [5, 5.41) is 3.44. The summed E-state index contributed by atoms with van der Waals surface area (Å²) in [5.41, 5.74) is 0. The van der Waals surface area contributed by atoms with Gasteiger partial charge in [0.1, 0.15) is 0 Å². The summed E-state index contributed by atoms with van der Waals surface area (Å²) in [7, 11) is 0. The summed E-state index contributed by atoms with van der Waals surface area (Å²) in [6.45, 7) is 5.95. The Labute approximate surface area is 90.6 Å². The maximum atomic E-state index is 5.52. The van der Waals surface area contributed by atoms with Crippen LogP contribution in [0.4, 0.5) is 5.95 Å². The molecule has 1 aromatic heterocycles. The van der Waals surface area contributed by atoms with Crippen LogP contribution >= 0.6 is 0 Å². The molecule has 4 nitrogen and oxygen atoms in total. The zero-order valence-electron chi connectivity index (χ0n) is 9.44. The molecule has 1 saturated carbocycles. The highest BCUT2D eigenvalue weighted by molar-refractivity contribution is 5.28. The number of anilines is 1. The van der Waals surface area contributed by atoms with Gasteiger partial charge >= 0.3 is 0 Å². The first-order valence-electron chi connectivity index (χ1n) is 5.72.